The van der Waals surface area contributed by atoms with Crippen molar-refractivity contribution in [2.45, 2.75) is 282 Å². The van der Waals surface area contributed by atoms with Crippen LogP contribution in [0, 0.1) is 0 Å². The Bertz CT molecular complexity index is 873. The number of hydrogen-bond acceptors (Lipinski definition) is 7. The van der Waals surface area contributed by atoms with Gasteiger partial charge in [0, 0.05) is 6.04 Å². The average molecular weight is 852 g/mol. The van der Waals surface area contributed by atoms with Crippen LogP contribution < -0.4 is 27.8 Å². The van der Waals surface area contributed by atoms with Crippen molar-refractivity contribution in [3.8, 4) is 0 Å². The van der Waals surface area contributed by atoms with Crippen molar-refractivity contribution in [2.24, 2.45) is 17.2 Å². The Morgan fingerprint density at radius 2 is 0.833 bits per heavy atom. The van der Waals surface area contributed by atoms with Crippen LogP contribution in [0.25, 0.3) is 0 Å². The predicted octanol–water partition coefficient (Wildman–Crippen LogP) is 12.4. The van der Waals surface area contributed by atoms with Crippen LogP contribution in [-0.4, -0.2) is 67.5 Å². The van der Waals surface area contributed by atoms with Crippen molar-refractivity contribution in [1.82, 2.24) is 10.6 Å². The van der Waals surface area contributed by atoms with Crippen LogP contribution in [0.3, 0.4) is 0 Å². The molecule has 9 heteroatoms. The summed E-state index contributed by atoms with van der Waals surface area (Å²) in [6, 6.07) is -0.0642. The van der Waals surface area contributed by atoms with E-state index in [1.807, 2.05) is 0 Å². The summed E-state index contributed by atoms with van der Waals surface area (Å²) in [5, 5.41) is 17.5. The fourth-order valence-electron chi connectivity index (χ4n) is 8.73. The van der Waals surface area contributed by atoms with Crippen LogP contribution in [0.15, 0.2) is 0 Å². The number of carboxylic acids is 1. The summed E-state index contributed by atoms with van der Waals surface area (Å²) in [5.74, 6) is -1.53. The summed E-state index contributed by atoms with van der Waals surface area (Å²) < 4.78 is 6.54. The van der Waals surface area contributed by atoms with Gasteiger partial charge in [-0.05, 0) is 77.7 Å². The van der Waals surface area contributed by atoms with Crippen molar-refractivity contribution < 1.29 is 19.4 Å². The Balaban J connectivity index is 5.08. The molecule has 0 rings (SSSR count). The van der Waals surface area contributed by atoms with E-state index < -0.39 is 23.6 Å². The molecule has 0 aliphatic carbocycles. The lowest BCUT2D eigenvalue weighted by Gasteiger charge is -2.35. The van der Waals surface area contributed by atoms with Crippen LogP contribution in [0.2, 0.25) is 0 Å². The van der Waals surface area contributed by atoms with Gasteiger partial charge in [0.15, 0.2) is 6.10 Å². The molecule has 9 N–H and O–H groups in total. The number of rotatable bonds is 51. The molecule has 0 aromatic carbocycles. The monoisotopic (exact) mass is 852 g/mol. The van der Waals surface area contributed by atoms with Gasteiger partial charge in [0.1, 0.15) is 5.60 Å². The van der Waals surface area contributed by atoms with Crippen molar-refractivity contribution >= 4 is 11.9 Å². The normalized spacial score (nSPS) is 12.9. The maximum atomic E-state index is 13.4. The van der Waals surface area contributed by atoms with Crippen LogP contribution in [0.4, 0.5) is 0 Å². The first-order valence-electron chi connectivity index (χ1n) is 26.4. The fourth-order valence-corrected chi connectivity index (χ4v) is 8.73. The van der Waals surface area contributed by atoms with Gasteiger partial charge in [-0.1, -0.05) is 219 Å². The first kappa shape index (κ1) is 58.7. The molecular formula is C51H105N5O4. The minimum Gasteiger partial charge on any atom is -0.479 e. The summed E-state index contributed by atoms with van der Waals surface area (Å²) in [6.45, 7) is 8.23. The lowest BCUT2D eigenvalue weighted by Crippen LogP contribution is -2.51. The molecule has 2 unspecified atom stereocenters. The van der Waals surface area contributed by atoms with Crippen LogP contribution in [-0.2, 0) is 14.3 Å². The third kappa shape index (κ3) is 37.3. The van der Waals surface area contributed by atoms with Gasteiger partial charge < -0.3 is 37.7 Å². The number of nitrogens with two attached hydrogens (primary N) is 3. The van der Waals surface area contributed by atoms with Gasteiger partial charge in [-0.25, -0.2) is 4.79 Å². The lowest BCUT2D eigenvalue weighted by molar-refractivity contribution is -0.175. The third-order valence-corrected chi connectivity index (χ3v) is 12.7. The second-order valence-corrected chi connectivity index (χ2v) is 18.5. The maximum Gasteiger partial charge on any atom is 0.332 e. The minimum atomic E-state index is -1.26. The second-order valence-electron chi connectivity index (χ2n) is 18.5. The zero-order valence-electron chi connectivity index (χ0n) is 40.2. The molecule has 0 saturated heterocycles. The summed E-state index contributed by atoms with van der Waals surface area (Å²) in [6.07, 6.45) is 44.5. The molecule has 0 aliphatic heterocycles. The number of primary amides is 1. The Morgan fingerprint density at radius 1 is 0.500 bits per heavy atom. The van der Waals surface area contributed by atoms with Gasteiger partial charge in [-0.15, -0.1) is 0 Å². The molecular weight excluding hydrogens is 747 g/mol. The zero-order chi connectivity index (χ0) is 44.0. The smallest absolute Gasteiger partial charge is 0.332 e. The molecule has 2 atom stereocenters. The first-order chi connectivity index (χ1) is 29.4. The van der Waals surface area contributed by atoms with E-state index in [-0.39, 0.29) is 12.5 Å². The summed E-state index contributed by atoms with van der Waals surface area (Å²) in [7, 11) is 0. The highest BCUT2D eigenvalue weighted by Crippen LogP contribution is 2.31. The van der Waals surface area contributed by atoms with Crippen molar-refractivity contribution in [2.75, 3.05) is 32.7 Å². The van der Waals surface area contributed by atoms with Crippen molar-refractivity contribution in [1.29, 1.82) is 0 Å². The first-order valence-corrected chi connectivity index (χ1v) is 26.4. The summed E-state index contributed by atoms with van der Waals surface area (Å²) in [4.78, 5) is 26.2. The van der Waals surface area contributed by atoms with Gasteiger partial charge in [0.25, 0.3) is 0 Å². The molecule has 60 heavy (non-hydrogen) atoms. The minimum absolute atomic E-state index is 0.0642. The molecule has 0 saturated carbocycles. The number of nitrogens with one attached hydrogen (secondary N) is 2. The molecule has 0 heterocycles. The molecule has 1 amide bonds. The molecule has 0 aromatic rings. The molecule has 0 fully saturated rings. The Morgan fingerprint density at radius 3 is 1.17 bits per heavy atom. The highest BCUT2D eigenvalue weighted by Gasteiger charge is 2.41. The number of unbranched alkanes of at least 4 members (excludes halogenated alkanes) is 30. The Labute approximate surface area is 372 Å². The number of amides is 1. The molecule has 0 radical (unpaired) electrons. The van der Waals surface area contributed by atoms with Gasteiger partial charge in [0.05, 0.1) is 0 Å². The SMILES string of the molecule is CCCCCCCCCCCCCCCCCCC(CCCCCCCCCCCCCCCCCC)(OC(CC(CCCNCCCN)NCCCN)C(=O)O)C(N)=O. The quantitative estimate of drug-likeness (QED) is 0.0329. The summed E-state index contributed by atoms with van der Waals surface area (Å²) >= 11 is 0. The predicted molar refractivity (Wildman–Crippen MR) is 259 cm³/mol. The van der Waals surface area contributed by atoms with Crippen LogP contribution >= 0.6 is 0 Å². The second kappa shape index (κ2) is 45.8. The van der Waals surface area contributed by atoms with E-state index in [0.29, 0.717) is 32.5 Å². The molecule has 0 aromatic heterocycles. The van der Waals surface area contributed by atoms with Crippen molar-refractivity contribution in [3.63, 3.8) is 0 Å². The van der Waals surface area contributed by atoms with E-state index in [2.05, 4.69) is 24.5 Å². The van der Waals surface area contributed by atoms with E-state index in [0.717, 1.165) is 77.3 Å². The van der Waals surface area contributed by atoms with Gasteiger partial charge in [-0.2, -0.15) is 0 Å². The molecule has 0 bridgehead atoms. The van der Waals surface area contributed by atoms with E-state index in [9.17, 15) is 14.7 Å². The lowest BCUT2D eigenvalue weighted by atomic mass is 9.87. The Kier molecular flexibility index (Phi) is 44.8. The zero-order valence-corrected chi connectivity index (χ0v) is 40.2. The average Bonchev–Trinajstić information content (AvgIpc) is 3.23. The largest absolute Gasteiger partial charge is 0.479 e. The van der Waals surface area contributed by atoms with E-state index in [1.165, 1.54) is 167 Å². The number of aliphatic carboxylic acids is 1. The van der Waals surface area contributed by atoms with Gasteiger partial charge in [0.2, 0.25) is 5.91 Å². The molecule has 9 nitrogen and oxygen atoms in total. The van der Waals surface area contributed by atoms with Crippen LogP contribution in [0.1, 0.15) is 264 Å². The van der Waals surface area contributed by atoms with E-state index in [4.69, 9.17) is 21.9 Å². The summed E-state index contributed by atoms with van der Waals surface area (Å²) in [5.41, 5.74) is 16.4. The third-order valence-electron chi connectivity index (χ3n) is 12.7. The van der Waals surface area contributed by atoms with Crippen LogP contribution in [0.5, 0.6) is 0 Å². The van der Waals surface area contributed by atoms with E-state index >= 15 is 0 Å². The molecule has 0 spiro atoms. The number of ether oxygens (including phenoxy) is 1. The van der Waals surface area contributed by atoms with Crippen molar-refractivity contribution in [3.05, 3.63) is 0 Å². The van der Waals surface area contributed by atoms with Gasteiger partial charge >= 0.3 is 5.97 Å². The molecule has 0 aliphatic rings. The highest BCUT2D eigenvalue weighted by molar-refractivity contribution is 5.84. The standard InChI is InChI=1S/C51H105N5O4/c1-3-5-7-9-11-13-15-17-19-21-23-25-27-29-31-33-39-51(50(54)59,40-34-32-30-28-26-24-22-20-18-16-14-12-10-8-6-4-2)60-48(49(57)58)46-47(56-45-37-42-53)38-35-43-55-44-36-41-52/h47-48,55-56H,3-46,52-53H2,1-2H3,(H2,54,59)(H,57,58). The fraction of sp³-hybridized carbons (Fsp3) is 0.961. The van der Waals surface area contributed by atoms with E-state index in [1.54, 1.807) is 0 Å². The Hall–Kier alpha value is -1.26. The maximum absolute atomic E-state index is 13.4. The number of carboxylic acid groups (broad SMARTS) is 1. The number of hydrogen-bond donors (Lipinski definition) is 6. The van der Waals surface area contributed by atoms with Gasteiger partial charge in [-0.3, -0.25) is 4.79 Å². The number of carbonyl (C=O) groups excluding carboxylic acids is 1. The molecule has 358 valence electrons. The highest BCUT2D eigenvalue weighted by atomic mass is 16.5. The topological polar surface area (TPSA) is 166 Å². The number of carbonyl (C=O) groups is 2.